The summed E-state index contributed by atoms with van der Waals surface area (Å²) in [6.07, 6.45) is 3.60. The second kappa shape index (κ2) is 7.91. The number of likely N-dealkylation sites (tertiary alicyclic amines) is 1. The highest BCUT2D eigenvalue weighted by Crippen LogP contribution is 2.36. The van der Waals surface area contributed by atoms with Gasteiger partial charge in [0, 0.05) is 31.4 Å². The fourth-order valence-corrected chi connectivity index (χ4v) is 4.75. The van der Waals surface area contributed by atoms with Gasteiger partial charge in [0.15, 0.2) is 0 Å². The zero-order chi connectivity index (χ0) is 21.4. The molecule has 3 saturated heterocycles. The smallest absolute Gasteiger partial charge is 0.248 e. The van der Waals surface area contributed by atoms with Crippen molar-refractivity contribution in [2.24, 2.45) is 0 Å². The summed E-state index contributed by atoms with van der Waals surface area (Å²) in [7, 11) is 0. The third kappa shape index (κ3) is 3.64. The van der Waals surface area contributed by atoms with E-state index in [1.807, 2.05) is 11.0 Å². The van der Waals surface area contributed by atoms with E-state index in [9.17, 15) is 9.18 Å². The van der Waals surface area contributed by atoms with Crippen molar-refractivity contribution in [2.75, 3.05) is 37.8 Å². The SMILES string of the molecule is N#Cc1ccc(N2C3CC[C@H]2CN(C(=O)COC2(c4ccc(F)cc4)COC2)C3)nc1. The van der Waals surface area contributed by atoms with Crippen LogP contribution in [0.1, 0.15) is 24.0 Å². The Balaban J connectivity index is 1.22. The van der Waals surface area contributed by atoms with Gasteiger partial charge in [-0.15, -0.1) is 0 Å². The average molecular weight is 422 g/mol. The second-order valence-corrected chi connectivity index (χ2v) is 8.39. The molecule has 7 nitrogen and oxygen atoms in total. The summed E-state index contributed by atoms with van der Waals surface area (Å²) in [6.45, 7) is 1.93. The Labute approximate surface area is 180 Å². The molecule has 0 radical (unpaired) electrons. The van der Waals surface area contributed by atoms with Gasteiger partial charge in [0.25, 0.3) is 0 Å². The minimum Gasteiger partial charge on any atom is -0.375 e. The van der Waals surface area contributed by atoms with Gasteiger partial charge in [-0.1, -0.05) is 12.1 Å². The van der Waals surface area contributed by atoms with Gasteiger partial charge in [-0.3, -0.25) is 4.79 Å². The molecule has 1 aromatic carbocycles. The number of benzene rings is 1. The molecule has 3 aliphatic heterocycles. The van der Waals surface area contributed by atoms with Gasteiger partial charge >= 0.3 is 0 Å². The summed E-state index contributed by atoms with van der Waals surface area (Å²) >= 11 is 0. The van der Waals surface area contributed by atoms with Crippen molar-refractivity contribution >= 4 is 11.7 Å². The number of halogens is 1. The number of rotatable bonds is 5. The molecular weight excluding hydrogens is 399 g/mol. The summed E-state index contributed by atoms with van der Waals surface area (Å²) in [4.78, 5) is 21.6. The number of nitrogens with zero attached hydrogens (tertiary/aromatic N) is 4. The summed E-state index contributed by atoms with van der Waals surface area (Å²) in [5.74, 6) is 0.509. The van der Waals surface area contributed by atoms with Crippen molar-refractivity contribution < 1.29 is 18.7 Å². The summed E-state index contributed by atoms with van der Waals surface area (Å²) in [5, 5.41) is 8.98. The van der Waals surface area contributed by atoms with Crippen LogP contribution >= 0.6 is 0 Å². The number of carbonyl (C=O) groups excluding carboxylic acids is 1. The number of aromatic nitrogens is 1. The Kier molecular flexibility index (Phi) is 5.08. The highest BCUT2D eigenvalue weighted by molar-refractivity contribution is 5.78. The number of amides is 1. The van der Waals surface area contributed by atoms with Gasteiger partial charge in [-0.05, 0) is 42.7 Å². The Morgan fingerprint density at radius 1 is 1.19 bits per heavy atom. The Hall–Kier alpha value is -3.02. The van der Waals surface area contributed by atoms with Crippen LogP contribution in [0.4, 0.5) is 10.2 Å². The quantitative estimate of drug-likeness (QED) is 0.735. The fraction of sp³-hybridized carbons (Fsp3) is 0.435. The summed E-state index contributed by atoms with van der Waals surface area (Å²) in [5.41, 5.74) is 0.679. The lowest BCUT2D eigenvalue weighted by Crippen LogP contribution is -2.57. The number of hydrogen-bond acceptors (Lipinski definition) is 6. The largest absolute Gasteiger partial charge is 0.375 e. The molecule has 3 fully saturated rings. The zero-order valence-corrected chi connectivity index (χ0v) is 17.0. The molecule has 0 aliphatic carbocycles. The highest BCUT2D eigenvalue weighted by atomic mass is 19.1. The van der Waals surface area contributed by atoms with E-state index in [4.69, 9.17) is 14.7 Å². The fourth-order valence-electron chi connectivity index (χ4n) is 4.75. The van der Waals surface area contributed by atoms with Crippen LogP contribution in [0, 0.1) is 17.1 Å². The number of nitriles is 1. The summed E-state index contributed by atoms with van der Waals surface area (Å²) < 4.78 is 24.7. The number of hydrogen-bond donors (Lipinski definition) is 0. The first-order valence-corrected chi connectivity index (χ1v) is 10.5. The van der Waals surface area contributed by atoms with Gasteiger partial charge < -0.3 is 19.3 Å². The van der Waals surface area contributed by atoms with Crippen molar-refractivity contribution in [3.63, 3.8) is 0 Å². The molecule has 0 saturated carbocycles. The number of carbonyl (C=O) groups is 1. The topological polar surface area (TPSA) is 78.7 Å². The maximum Gasteiger partial charge on any atom is 0.248 e. The van der Waals surface area contributed by atoms with E-state index in [-0.39, 0.29) is 30.4 Å². The van der Waals surface area contributed by atoms with Crippen molar-refractivity contribution in [1.82, 2.24) is 9.88 Å². The normalized spacial score (nSPS) is 23.9. The van der Waals surface area contributed by atoms with Gasteiger partial charge in [0.2, 0.25) is 5.91 Å². The molecule has 0 N–H and O–H groups in total. The lowest BCUT2D eigenvalue weighted by atomic mass is 9.92. The molecule has 1 amide bonds. The zero-order valence-electron chi connectivity index (χ0n) is 17.0. The van der Waals surface area contributed by atoms with Gasteiger partial charge in [0.05, 0.1) is 18.8 Å². The molecule has 4 heterocycles. The lowest BCUT2D eigenvalue weighted by molar-refractivity contribution is -0.218. The standard InChI is InChI=1S/C23H23FN4O3/c24-18-4-2-17(3-5-18)23(14-30-15-23)31-13-22(29)27-11-19-6-7-20(12-27)28(19)21-8-1-16(9-25)10-26-21/h1-5,8,10,19-20H,6-7,11-15H2/t19-,20?/m0/s1. The molecule has 160 valence electrons. The van der Waals surface area contributed by atoms with Crippen LogP contribution in [0.15, 0.2) is 42.6 Å². The van der Waals surface area contributed by atoms with E-state index in [0.717, 1.165) is 24.2 Å². The van der Waals surface area contributed by atoms with E-state index in [1.54, 1.807) is 24.4 Å². The van der Waals surface area contributed by atoms with E-state index >= 15 is 0 Å². The van der Waals surface area contributed by atoms with Gasteiger partial charge in [-0.25, -0.2) is 9.37 Å². The number of fused-ring (bicyclic) bond motifs is 2. The van der Waals surface area contributed by atoms with Gasteiger partial charge in [-0.2, -0.15) is 5.26 Å². The number of piperazine rings is 1. The first-order valence-electron chi connectivity index (χ1n) is 10.5. The van der Waals surface area contributed by atoms with E-state index in [2.05, 4.69) is 16.0 Å². The summed E-state index contributed by atoms with van der Waals surface area (Å²) in [6, 6.07) is 12.3. The van der Waals surface area contributed by atoms with E-state index in [1.165, 1.54) is 12.1 Å². The highest BCUT2D eigenvalue weighted by Gasteiger charge is 2.44. The maximum absolute atomic E-state index is 13.3. The van der Waals surface area contributed by atoms with Crippen LogP contribution in [0.25, 0.3) is 0 Å². The Morgan fingerprint density at radius 3 is 2.45 bits per heavy atom. The number of ether oxygens (including phenoxy) is 2. The van der Waals surface area contributed by atoms with Crippen LogP contribution in [-0.2, 0) is 19.9 Å². The Morgan fingerprint density at radius 2 is 1.90 bits per heavy atom. The molecule has 2 bridgehead atoms. The number of anilines is 1. The van der Waals surface area contributed by atoms with Crippen LogP contribution in [0.3, 0.4) is 0 Å². The minimum atomic E-state index is -0.684. The molecule has 1 unspecified atom stereocenters. The van der Waals surface area contributed by atoms with E-state index in [0.29, 0.717) is 31.9 Å². The third-order valence-corrected chi connectivity index (χ3v) is 6.49. The molecule has 31 heavy (non-hydrogen) atoms. The van der Waals surface area contributed by atoms with Crippen molar-refractivity contribution in [3.8, 4) is 6.07 Å². The number of pyridine rings is 1. The molecular formula is C23H23FN4O3. The minimum absolute atomic E-state index is 0.0324. The first-order chi connectivity index (χ1) is 15.1. The van der Waals surface area contributed by atoms with E-state index < -0.39 is 5.60 Å². The average Bonchev–Trinajstić information content (AvgIpc) is 3.03. The molecule has 2 atom stereocenters. The van der Waals surface area contributed by atoms with Crippen molar-refractivity contribution in [3.05, 3.63) is 59.5 Å². The van der Waals surface area contributed by atoms with Crippen molar-refractivity contribution in [2.45, 2.75) is 30.5 Å². The molecule has 3 aliphatic rings. The molecule has 2 aromatic rings. The van der Waals surface area contributed by atoms with Gasteiger partial charge in [0.1, 0.15) is 29.9 Å². The second-order valence-electron chi connectivity index (χ2n) is 8.39. The van der Waals surface area contributed by atoms with Crippen LogP contribution in [0.5, 0.6) is 0 Å². The Bertz CT molecular complexity index is 987. The van der Waals surface area contributed by atoms with Crippen molar-refractivity contribution in [1.29, 1.82) is 5.26 Å². The van der Waals surface area contributed by atoms with Crippen LogP contribution in [0.2, 0.25) is 0 Å². The molecule has 8 heteroatoms. The van der Waals surface area contributed by atoms with Crippen LogP contribution < -0.4 is 4.90 Å². The lowest BCUT2D eigenvalue weighted by Gasteiger charge is -2.44. The maximum atomic E-state index is 13.3. The molecule has 0 spiro atoms. The monoisotopic (exact) mass is 422 g/mol. The first kappa shape index (κ1) is 19.9. The molecule has 1 aromatic heterocycles. The van der Waals surface area contributed by atoms with Crippen LogP contribution in [-0.4, -0.2) is 60.8 Å². The third-order valence-electron chi connectivity index (χ3n) is 6.49. The molecule has 5 rings (SSSR count). The predicted octanol–water partition coefficient (Wildman–Crippen LogP) is 2.21. The predicted molar refractivity (Wildman–Crippen MR) is 110 cm³/mol.